The summed E-state index contributed by atoms with van der Waals surface area (Å²) in [7, 11) is 0. The van der Waals surface area contributed by atoms with E-state index >= 15 is 0 Å². The first-order chi connectivity index (χ1) is 19.3. The van der Waals surface area contributed by atoms with Crippen LogP contribution in [0.2, 0.25) is 0 Å². The van der Waals surface area contributed by atoms with E-state index in [0.717, 1.165) is 17.1 Å². The molecule has 0 aliphatic rings. The van der Waals surface area contributed by atoms with E-state index in [9.17, 15) is 0 Å². The SMILES string of the molecule is c1ccc(-n2c3ccccc3c3c(Nc4ccccc4-c4ccc5sc6ccccc6c5c4)cccc32)cc1. The summed E-state index contributed by atoms with van der Waals surface area (Å²) >= 11 is 1.86. The first kappa shape index (κ1) is 22.2. The van der Waals surface area contributed by atoms with E-state index in [0.29, 0.717) is 0 Å². The number of para-hydroxylation sites is 3. The monoisotopic (exact) mass is 516 g/mol. The number of benzene rings is 6. The van der Waals surface area contributed by atoms with Gasteiger partial charge in [-0.3, -0.25) is 0 Å². The van der Waals surface area contributed by atoms with Gasteiger partial charge in [0.05, 0.1) is 11.0 Å². The lowest BCUT2D eigenvalue weighted by atomic mass is 10.0. The first-order valence-corrected chi connectivity index (χ1v) is 14.0. The molecule has 0 fully saturated rings. The normalized spacial score (nSPS) is 11.6. The maximum Gasteiger partial charge on any atom is 0.0562 e. The minimum absolute atomic E-state index is 1.10. The highest BCUT2D eigenvalue weighted by Gasteiger charge is 2.16. The van der Waals surface area contributed by atoms with E-state index in [-0.39, 0.29) is 0 Å². The summed E-state index contributed by atoms with van der Waals surface area (Å²) in [5.74, 6) is 0. The minimum Gasteiger partial charge on any atom is -0.354 e. The standard InChI is InChI=1S/C36H24N2S/c1-2-11-25(12-3-1)38-32-18-8-5-15-28(32)36-31(17-10-19-33(36)38)37-30-16-7-4-13-26(30)24-21-22-35-29(23-24)27-14-6-9-20-34(27)39-35/h1-23,37H. The van der Waals surface area contributed by atoms with Crippen molar-refractivity contribution in [3.63, 3.8) is 0 Å². The minimum atomic E-state index is 1.10. The number of nitrogens with one attached hydrogen (secondary N) is 1. The van der Waals surface area contributed by atoms with Gasteiger partial charge in [0.2, 0.25) is 0 Å². The summed E-state index contributed by atoms with van der Waals surface area (Å²) in [5, 5.41) is 8.94. The van der Waals surface area contributed by atoms with E-state index in [4.69, 9.17) is 0 Å². The third-order valence-corrected chi connectivity index (χ3v) is 8.75. The summed E-state index contributed by atoms with van der Waals surface area (Å²) in [6.07, 6.45) is 0. The highest BCUT2D eigenvalue weighted by molar-refractivity contribution is 7.25. The number of rotatable bonds is 4. The van der Waals surface area contributed by atoms with Crippen molar-refractivity contribution in [1.82, 2.24) is 4.57 Å². The van der Waals surface area contributed by atoms with Crippen LogP contribution < -0.4 is 5.32 Å². The van der Waals surface area contributed by atoms with Crippen molar-refractivity contribution in [1.29, 1.82) is 0 Å². The first-order valence-electron chi connectivity index (χ1n) is 13.2. The molecule has 0 bridgehead atoms. The Hall–Kier alpha value is -4.86. The molecule has 0 amide bonds. The second kappa shape index (κ2) is 8.87. The van der Waals surface area contributed by atoms with Crippen molar-refractivity contribution in [2.75, 3.05) is 5.32 Å². The van der Waals surface area contributed by atoms with Crippen LogP contribution in [0.25, 0.3) is 58.8 Å². The predicted octanol–water partition coefficient (Wildman–Crippen LogP) is 10.6. The fraction of sp³-hybridized carbons (Fsp3) is 0. The lowest BCUT2D eigenvalue weighted by molar-refractivity contribution is 1.18. The molecular formula is C36H24N2S. The van der Waals surface area contributed by atoms with Crippen LogP contribution in [0, 0.1) is 0 Å². The summed E-state index contributed by atoms with van der Waals surface area (Å²) in [6, 6.07) is 50.0. The maximum atomic E-state index is 3.84. The van der Waals surface area contributed by atoms with Crippen molar-refractivity contribution in [3.05, 3.63) is 140 Å². The second-order valence-corrected chi connectivity index (χ2v) is 11.0. The fourth-order valence-corrected chi connectivity index (χ4v) is 6.95. The number of hydrogen-bond donors (Lipinski definition) is 1. The van der Waals surface area contributed by atoms with Gasteiger partial charge in [-0.25, -0.2) is 0 Å². The van der Waals surface area contributed by atoms with Gasteiger partial charge in [-0.05, 0) is 60.2 Å². The number of hydrogen-bond acceptors (Lipinski definition) is 2. The Labute approximate surface area is 230 Å². The van der Waals surface area contributed by atoms with E-state index in [2.05, 4.69) is 149 Å². The molecule has 3 heteroatoms. The quantitative estimate of drug-likeness (QED) is 0.246. The highest BCUT2D eigenvalue weighted by atomic mass is 32.1. The van der Waals surface area contributed by atoms with Crippen LogP contribution in [0.5, 0.6) is 0 Å². The van der Waals surface area contributed by atoms with Crippen LogP contribution in [0.1, 0.15) is 0 Å². The third-order valence-electron chi connectivity index (χ3n) is 7.60. The van der Waals surface area contributed by atoms with E-state index in [1.807, 2.05) is 11.3 Å². The topological polar surface area (TPSA) is 17.0 Å². The number of aromatic nitrogens is 1. The third kappa shape index (κ3) is 3.55. The summed E-state index contributed by atoms with van der Waals surface area (Å²) in [4.78, 5) is 0. The number of thiophene rings is 1. The molecule has 0 aliphatic heterocycles. The van der Waals surface area contributed by atoms with E-state index < -0.39 is 0 Å². The molecule has 0 spiro atoms. The van der Waals surface area contributed by atoms with Crippen LogP contribution in [0.4, 0.5) is 11.4 Å². The number of anilines is 2. The Bertz CT molecular complexity index is 2150. The van der Waals surface area contributed by atoms with Crippen LogP contribution >= 0.6 is 11.3 Å². The molecule has 0 atom stereocenters. The van der Waals surface area contributed by atoms with Crippen molar-refractivity contribution in [2.24, 2.45) is 0 Å². The van der Waals surface area contributed by atoms with Crippen molar-refractivity contribution in [3.8, 4) is 16.8 Å². The molecule has 2 nitrogen and oxygen atoms in total. The zero-order chi connectivity index (χ0) is 25.8. The Morgan fingerprint density at radius 2 is 1.18 bits per heavy atom. The van der Waals surface area contributed by atoms with Gasteiger partial charge in [-0.15, -0.1) is 11.3 Å². The highest BCUT2D eigenvalue weighted by Crippen LogP contribution is 2.41. The second-order valence-electron chi connectivity index (χ2n) is 9.87. The largest absolute Gasteiger partial charge is 0.354 e. The van der Waals surface area contributed by atoms with Gasteiger partial charge in [-0.2, -0.15) is 0 Å². The molecule has 1 N–H and O–H groups in total. The van der Waals surface area contributed by atoms with Crippen molar-refractivity contribution in [2.45, 2.75) is 0 Å². The lowest BCUT2D eigenvalue weighted by Crippen LogP contribution is -1.95. The van der Waals surface area contributed by atoms with Crippen LogP contribution in [0.15, 0.2) is 140 Å². The smallest absolute Gasteiger partial charge is 0.0562 e. The summed E-state index contributed by atoms with van der Waals surface area (Å²) in [5.41, 5.74) is 8.17. The molecule has 8 rings (SSSR count). The van der Waals surface area contributed by atoms with Crippen LogP contribution in [-0.2, 0) is 0 Å². The lowest BCUT2D eigenvalue weighted by Gasteiger charge is -2.14. The van der Waals surface area contributed by atoms with Gasteiger partial charge in [0, 0.05) is 53.6 Å². The Morgan fingerprint density at radius 3 is 2.10 bits per heavy atom. The average Bonchev–Trinajstić information content (AvgIpc) is 3.54. The summed E-state index contributed by atoms with van der Waals surface area (Å²) < 4.78 is 5.01. The fourth-order valence-electron chi connectivity index (χ4n) is 5.86. The molecule has 0 saturated heterocycles. The summed E-state index contributed by atoms with van der Waals surface area (Å²) in [6.45, 7) is 0. The van der Waals surface area contributed by atoms with Gasteiger partial charge in [-0.1, -0.05) is 84.9 Å². The van der Waals surface area contributed by atoms with Crippen molar-refractivity contribution < 1.29 is 0 Å². The predicted molar refractivity (Wildman–Crippen MR) is 169 cm³/mol. The maximum absolute atomic E-state index is 3.84. The average molecular weight is 517 g/mol. The molecule has 0 unspecified atom stereocenters. The molecule has 2 aromatic heterocycles. The molecule has 2 heterocycles. The Balaban J connectivity index is 1.30. The van der Waals surface area contributed by atoms with Gasteiger partial charge < -0.3 is 9.88 Å². The van der Waals surface area contributed by atoms with Crippen LogP contribution in [0.3, 0.4) is 0 Å². The molecule has 39 heavy (non-hydrogen) atoms. The zero-order valence-electron chi connectivity index (χ0n) is 21.1. The van der Waals surface area contributed by atoms with Gasteiger partial charge in [0.1, 0.15) is 0 Å². The van der Waals surface area contributed by atoms with Gasteiger partial charge in [0.15, 0.2) is 0 Å². The van der Waals surface area contributed by atoms with E-state index in [1.165, 1.54) is 53.1 Å². The molecular weight excluding hydrogens is 492 g/mol. The van der Waals surface area contributed by atoms with Crippen LogP contribution in [-0.4, -0.2) is 4.57 Å². The molecule has 6 aromatic carbocycles. The van der Waals surface area contributed by atoms with Gasteiger partial charge in [0.25, 0.3) is 0 Å². The molecule has 0 aliphatic carbocycles. The van der Waals surface area contributed by atoms with Crippen molar-refractivity contribution >= 4 is 64.7 Å². The molecule has 0 radical (unpaired) electrons. The van der Waals surface area contributed by atoms with Gasteiger partial charge >= 0.3 is 0 Å². The number of nitrogens with zero attached hydrogens (tertiary/aromatic N) is 1. The molecule has 0 saturated carbocycles. The Kier molecular flexibility index (Phi) is 5.04. The zero-order valence-corrected chi connectivity index (χ0v) is 22.0. The van der Waals surface area contributed by atoms with E-state index in [1.54, 1.807) is 0 Å². The molecule has 184 valence electrons. The number of fused-ring (bicyclic) bond motifs is 6. The Morgan fingerprint density at radius 1 is 0.487 bits per heavy atom. The molecule has 8 aromatic rings.